The zero-order chi connectivity index (χ0) is 12.1. The van der Waals surface area contributed by atoms with Crippen molar-refractivity contribution in [3.63, 3.8) is 0 Å². The Balaban J connectivity index is 3.97. The number of nitrogens with one attached hydrogen (secondary N) is 1. The molecule has 0 saturated carbocycles. The van der Waals surface area contributed by atoms with Crippen molar-refractivity contribution >= 4 is 33.3 Å². The van der Waals surface area contributed by atoms with Crippen molar-refractivity contribution in [2.24, 2.45) is 0 Å². The first-order valence-corrected chi connectivity index (χ1v) is 6.42. The number of alkyl halides is 1. The molecule has 0 aliphatic rings. The van der Waals surface area contributed by atoms with Gasteiger partial charge in [0.25, 0.3) is 0 Å². The van der Waals surface area contributed by atoms with Crippen LogP contribution in [0.2, 0.25) is 0 Å². The SMILES string of the molecule is COC(=O)C(Cl)CNC(=O)CS(C)(=O)=O. The van der Waals surface area contributed by atoms with E-state index in [-0.39, 0.29) is 6.54 Å². The van der Waals surface area contributed by atoms with Crippen LogP contribution in [0.25, 0.3) is 0 Å². The van der Waals surface area contributed by atoms with Crippen molar-refractivity contribution in [1.82, 2.24) is 5.32 Å². The molecule has 0 spiro atoms. The van der Waals surface area contributed by atoms with Crippen molar-refractivity contribution in [2.45, 2.75) is 5.38 Å². The maximum absolute atomic E-state index is 11.0. The Kier molecular flexibility index (Phi) is 5.59. The van der Waals surface area contributed by atoms with Gasteiger partial charge >= 0.3 is 5.97 Å². The standard InChI is InChI=1S/C7H12ClNO5S/c1-14-7(11)5(8)3-9-6(10)4-15(2,12)13/h5H,3-4H2,1-2H3,(H,9,10). The molecule has 0 fully saturated rings. The molecule has 15 heavy (non-hydrogen) atoms. The molecule has 8 heteroatoms. The number of hydrogen-bond donors (Lipinski definition) is 1. The Morgan fingerprint density at radius 2 is 2.00 bits per heavy atom. The molecule has 0 aliphatic carbocycles. The van der Waals surface area contributed by atoms with E-state index >= 15 is 0 Å². The van der Waals surface area contributed by atoms with Gasteiger partial charge < -0.3 is 10.1 Å². The third-order valence-corrected chi connectivity index (χ3v) is 2.45. The van der Waals surface area contributed by atoms with Crippen molar-refractivity contribution in [1.29, 1.82) is 0 Å². The number of hydrogen-bond acceptors (Lipinski definition) is 5. The summed E-state index contributed by atoms with van der Waals surface area (Å²) in [6.45, 7) is -0.164. The highest BCUT2D eigenvalue weighted by Crippen LogP contribution is 1.96. The third-order valence-electron chi connectivity index (χ3n) is 1.33. The summed E-state index contributed by atoms with van der Waals surface area (Å²) in [7, 11) is -2.21. The van der Waals surface area contributed by atoms with E-state index in [1.807, 2.05) is 0 Å². The lowest BCUT2D eigenvalue weighted by Crippen LogP contribution is -2.37. The van der Waals surface area contributed by atoms with Gasteiger partial charge in [0, 0.05) is 12.8 Å². The molecule has 88 valence electrons. The number of ether oxygens (including phenoxy) is 1. The summed E-state index contributed by atoms with van der Waals surface area (Å²) in [6, 6.07) is 0. The van der Waals surface area contributed by atoms with Gasteiger partial charge in [-0.15, -0.1) is 11.6 Å². The summed E-state index contributed by atoms with van der Waals surface area (Å²) in [5, 5.41) is 1.19. The Bertz CT molecular complexity index is 339. The normalized spacial score (nSPS) is 13.0. The summed E-state index contributed by atoms with van der Waals surface area (Å²) in [5.74, 6) is -2.01. The Hall–Kier alpha value is -0.820. The van der Waals surface area contributed by atoms with E-state index < -0.39 is 32.8 Å². The smallest absolute Gasteiger partial charge is 0.325 e. The van der Waals surface area contributed by atoms with E-state index in [0.29, 0.717) is 0 Å². The van der Waals surface area contributed by atoms with Crippen LogP contribution in [0.5, 0.6) is 0 Å². The van der Waals surface area contributed by atoms with Crippen LogP contribution < -0.4 is 5.32 Å². The average molecular weight is 258 g/mol. The van der Waals surface area contributed by atoms with Gasteiger partial charge in [-0.2, -0.15) is 0 Å². The van der Waals surface area contributed by atoms with Crippen molar-refractivity contribution in [3.8, 4) is 0 Å². The molecule has 0 radical (unpaired) electrons. The number of esters is 1. The predicted molar refractivity (Wildman–Crippen MR) is 54.4 cm³/mol. The minimum atomic E-state index is -3.37. The van der Waals surface area contributed by atoms with E-state index in [1.54, 1.807) is 0 Å². The van der Waals surface area contributed by atoms with Gasteiger partial charge in [-0.05, 0) is 0 Å². The quantitative estimate of drug-likeness (QED) is 0.500. The molecular weight excluding hydrogens is 246 g/mol. The minimum Gasteiger partial charge on any atom is -0.468 e. The molecule has 0 aromatic carbocycles. The first-order chi connectivity index (χ1) is 6.76. The van der Waals surface area contributed by atoms with Crippen molar-refractivity contribution in [3.05, 3.63) is 0 Å². The van der Waals surface area contributed by atoms with Gasteiger partial charge in [0.15, 0.2) is 9.84 Å². The highest BCUT2D eigenvalue weighted by Gasteiger charge is 2.17. The van der Waals surface area contributed by atoms with E-state index in [0.717, 1.165) is 13.4 Å². The summed E-state index contributed by atoms with van der Waals surface area (Å²) in [4.78, 5) is 21.8. The number of methoxy groups -OCH3 is 1. The fraction of sp³-hybridized carbons (Fsp3) is 0.714. The van der Waals surface area contributed by atoms with Gasteiger partial charge in [-0.3, -0.25) is 9.59 Å². The maximum Gasteiger partial charge on any atom is 0.325 e. The summed E-state index contributed by atoms with van der Waals surface area (Å²) in [5.41, 5.74) is 0. The van der Waals surface area contributed by atoms with Crippen LogP contribution in [-0.2, 0) is 24.2 Å². The topological polar surface area (TPSA) is 89.5 Å². The lowest BCUT2D eigenvalue weighted by atomic mass is 10.4. The fourth-order valence-corrected chi connectivity index (χ4v) is 1.45. The maximum atomic E-state index is 11.0. The molecule has 0 aromatic rings. The molecule has 0 heterocycles. The molecule has 1 unspecified atom stereocenters. The van der Waals surface area contributed by atoms with Crippen LogP contribution in [0.1, 0.15) is 0 Å². The number of rotatable bonds is 5. The highest BCUT2D eigenvalue weighted by atomic mass is 35.5. The van der Waals surface area contributed by atoms with Crippen LogP contribution in [0.4, 0.5) is 0 Å². The van der Waals surface area contributed by atoms with E-state index in [9.17, 15) is 18.0 Å². The Labute approximate surface area is 92.8 Å². The summed E-state index contributed by atoms with van der Waals surface area (Å²) in [6.07, 6.45) is 0.936. The second kappa shape index (κ2) is 5.92. The van der Waals surface area contributed by atoms with E-state index in [4.69, 9.17) is 11.6 Å². The first-order valence-electron chi connectivity index (χ1n) is 3.92. The second-order valence-corrected chi connectivity index (χ2v) is 5.53. The van der Waals surface area contributed by atoms with Gasteiger partial charge in [-0.1, -0.05) is 0 Å². The van der Waals surface area contributed by atoms with E-state index in [2.05, 4.69) is 10.1 Å². The second-order valence-electron chi connectivity index (χ2n) is 2.86. The number of sulfone groups is 1. The average Bonchev–Trinajstić information content (AvgIpc) is 2.10. The number of carbonyl (C=O) groups excluding carboxylic acids is 2. The van der Waals surface area contributed by atoms with Gasteiger partial charge in [0.05, 0.1) is 7.11 Å². The molecule has 6 nitrogen and oxygen atoms in total. The Morgan fingerprint density at radius 3 is 2.40 bits per heavy atom. The lowest BCUT2D eigenvalue weighted by molar-refractivity contribution is -0.140. The highest BCUT2D eigenvalue weighted by molar-refractivity contribution is 7.91. The number of amides is 1. The molecule has 1 atom stereocenters. The molecule has 0 aliphatic heterocycles. The van der Waals surface area contributed by atoms with Crippen molar-refractivity contribution in [2.75, 3.05) is 25.7 Å². The molecule has 1 N–H and O–H groups in total. The zero-order valence-corrected chi connectivity index (χ0v) is 9.89. The van der Waals surface area contributed by atoms with Gasteiger partial charge in [-0.25, -0.2) is 8.42 Å². The molecule has 0 rings (SSSR count). The molecule has 0 saturated heterocycles. The van der Waals surface area contributed by atoms with Crippen LogP contribution in [0.15, 0.2) is 0 Å². The predicted octanol–water partition coefficient (Wildman–Crippen LogP) is -1.07. The van der Waals surface area contributed by atoms with Crippen LogP contribution in [-0.4, -0.2) is 51.3 Å². The summed E-state index contributed by atoms with van der Waals surface area (Å²) >= 11 is 5.51. The van der Waals surface area contributed by atoms with Gasteiger partial charge in [0.1, 0.15) is 11.1 Å². The summed E-state index contributed by atoms with van der Waals surface area (Å²) < 4.78 is 25.7. The largest absolute Gasteiger partial charge is 0.468 e. The third kappa shape index (κ3) is 7.15. The van der Waals surface area contributed by atoms with E-state index in [1.165, 1.54) is 0 Å². The zero-order valence-electron chi connectivity index (χ0n) is 8.32. The number of halogens is 1. The molecule has 1 amide bonds. The van der Waals surface area contributed by atoms with Crippen LogP contribution in [0, 0.1) is 0 Å². The van der Waals surface area contributed by atoms with Crippen LogP contribution >= 0.6 is 11.6 Å². The number of carbonyl (C=O) groups is 2. The monoisotopic (exact) mass is 257 g/mol. The van der Waals surface area contributed by atoms with Crippen LogP contribution in [0.3, 0.4) is 0 Å². The molecule has 0 bridgehead atoms. The Morgan fingerprint density at radius 1 is 1.47 bits per heavy atom. The fourth-order valence-electron chi connectivity index (χ4n) is 0.704. The first kappa shape index (κ1) is 14.2. The van der Waals surface area contributed by atoms with Crippen molar-refractivity contribution < 1.29 is 22.7 Å². The molecule has 0 aromatic heterocycles. The van der Waals surface area contributed by atoms with Gasteiger partial charge in [0.2, 0.25) is 5.91 Å². The molecular formula is C7H12ClNO5S. The lowest BCUT2D eigenvalue weighted by Gasteiger charge is -2.08. The minimum absolute atomic E-state index is 0.164.